The van der Waals surface area contributed by atoms with Crippen LogP contribution in [0.15, 0.2) is 47.4 Å². The molecule has 4 rings (SSSR count). The standard InChI is InChI=1S/C20H20BN3OS/c1-25-15-4-7-19-17(10-15)18-11-21(13-22)9-8-20(18)24(19)12-14-2-5-16(26-23)6-3-14/h2-7,10H,8-9,11-12,23H2,1H3. The van der Waals surface area contributed by atoms with Crippen molar-refractivity contribution in [3.8, 4) is 11.7 Å². The fourth-order valence-electron chi connectivity index (χ4n) is 3.90. The number of methoxy groups -OCH3 is 1. The molecule has 6 heteroatoms. The lowest BCUT2D eigenvalue weighted by molar-refractivity contribution is 0.415. The van der Waals surface area contributed by atoms with E-state index in [2.05, 4.69) is 46.9 Å². The molecule has 2 N–H and O–H groups in total. The van der Waals surface area contributed by atoms with E-state index in [9.17, 15) is 5.26 Å². The molecule has 2 heterocycles. The van der Waals surface area contributed by atoms with E-state index in [0.29, 0.717) is 0 Å². The Bertz CT molecular complexity index is 991. The van der Waals surface area contributed by atoms with E-state index >= 15 is 0 Å². The summed E-state index contributed by atoms with van der Waals surface area (Å²) in [5.74, 6) is 3.32. The second-order valence-corrected chi connectivity index (χ2v) is 7.43. The molecule has 1 aliphatic heterocycles. The number of fused-ring (bicyclic) bond motifs is 3. The van der Waals surface area contributed by atoms with Crippen molar-refractivity contribution in [2.24, 2.45) is 5.14 Å². The monoisotopic (exact) mass is 361 g/mol. The minimum absolute atomic E-state index is 0.105. The normalized spacial score (nSPS) is 13.5. The molecule has 130 valence electrons. The van der Waals surface area contributed by atoms with Crippen molar-refractivity contribution in [2.45, 2.75) is 30.5 Å². The summed E-state index contributed by atoms with van der Waals surface area (Å²) in [6.45, 7) is 0.930. The highest BCUT2D eigenvalue weighted by Crippen LogP contribution is 2.35. The van der Waals surface area contributed by atoms with Gasteiger partial charge in [0, 0.05) is 34.0 Å². The molecule has 0 saturated heterocycles. The van der Waals surface area contributed by atoms with Gasteiger partial charge in [-0.25, -0.2) is 5.26 Å². The van der Waals surface area contributed by atoms with Gasteiger partial charge in [0.25, 0.3) is 6.71 Å². The van der Waals surface area contributed by atoms with Gasteiger partial charge in [0.2, 0.25) is 0 Å². The van der Waals surface area contributed by atoms with Crippen molar-refractivity contribution >= 4 is 29.6 Å². The fraction of sp³-hybridized carbons (Fsp3) is 0.250. The second kappa shape index (κ2) is 7.10. The van der Waals surface area contributed by atoms with Gasteiger partial charge in [-0.3, -0.25) is 5.14 Å². The zero-order chi connectivity index (χ0) is 18.1. The highest BCUT2D eigenvalue weighted by atomic mass is 32.2. The lowest BCUT2D eigenvalue weighted by Crippen LogP contribution is -2.22. The van der Waals surface area contributed by atoms with Crippen LogP contribution in [0.25, 0.3) is 10.9 Å². The predicted molar refractivity (Wildman–Crippen MR) is 108 cm³/mol. The molecule has 1 aliphatic rings. The van der Waals surface area contributed by atoms with Gasteiger partial charge in [-0.15, -0.1) is 0 Å². The maximum absolute atomic E-state index is 9.39. The topological polar surface area (TPSA) is 64.0 Å². The first-order valence-electron chi connectivity index (χ1n) is 8.76. The minimum Gasteiger partial charge on any atom is -0.497 e. The molecule has 0 bridgehead atoms. The van der Waals surface area contributed by atoms with Crippen molar-refractivity contribution in [3.63, 3.8) is 0 Å². The lowest BCUT2D eigenvalue weighted by Gasteiger charge is -2.18. The van der Waals surface area contributed by atoms with Gasteiger partial charge in [-0.2, -0.15) is 0 Å². The average molecular weight is 361 g/mol. The van der Waals surface area contributed by atoms with Crippen molar-refractivity contribution in [3.05, 3.63) is 59.3 Å². The highest BCUT2D eigenvalue weighted by Gasteiger charge is 2.28. The Kier molecular flexibility index (Phi) is 4.67. The average Bonchev–Trinajstić information content (AvgIpc) is 3.00. The number of nitrogens with two attached hydrogens (primary N) is 1. The second-order valence-electron chi connectivity index (χ2n) is 6.73. The Morgan fingerprint density at radius 1 is 1.27 bits per heavy atom. The van der Waals surface area contributed by atoms with Crippen molar-refractivity contribution in [1.29, 1.82) is 5.26 Å². The molecule has 0 aliphatic carbocycles. The number of nitrogens with zero attached hydrogens (tertiary/aromatic N) is 2. The van der Waals surface area contributed by atoms with E-state index < -0.39 is 0 Å². The molecule has 3 aromatic rings. The lowest BCUT2D eigenvalue weighted by atomic mass is 9.42. The first-order valence-corrected chi connectivity index (χ1v) is 9.64. The summed E-state index contributed by atoms with van der Waals surface area (Å²) in [5, 5.41) is 16.2. The largest absolute Gasteiger partial charge is 0.497 e. The predicted octanol–water partition coefficient (Wildman–Crippen LogP) is 3.86. The fourth-order valence-corrected chi connectivity index (χ4v) is 4.20. The Morgan fingerprint density at radius 2 is 2.08 bits per heavy atom. The molecular formula is C20H20BN3OS. The molecule has 0 fully saturated rings. The van der Waals surface area contributed by atoms with Crippen molar-refractivity contribution in [2.75, 3.05) is 7.11 Å². The van der Waals surface area contributed by atoms with Gasteiger partial charge in [-0.1, -0.05) is 18.5 Å². The molecule has 2 aromatic carbocycles. The van der Waals surface area contributed by atoms with Gasteiger partial charge in [0.1, 0.15) is 5.75 Å². The van der Waals surface area contributed by atoms with Gasteiger partial charge in [0.15, 0.2) is 0 Å². The van der Waals surface area contributed by atoms with E-state index in [1.807, 2.05) is 6.07 Å². The molecular weight excluding hydrogens is 341 g/mol. The molecule has 0 saturated carbocycles. The Balaban J connectivity index is 1.82. The molecule has 26 heavy (non-hydrogen) atoms. The summed E-state index contributed by atoms with van der Waals surface area (Å²) >= 11 is 1.27. The number of aromatic nitrogens is 1. The maximum atomic E-state index is 9.39. The van der Waals surface area contributed by atoms with E-state index in [-0.39, 0.29) is 6.71 Å². The van der Waals surface area contributed by atoms with Crippen LogP contribution in [-0.4, -0.2) is 18.4 Å². The third kappa shape index (κ3) is 2.98. The van der Waals surface area contributed by atoms with Crippen LogP contribution in [-0.2, 0) is 19.3 Å². The molecule has 0 atom stereocenters. The summed E-state index contributed by atoms with van der Waals surface area (Å²) < 4.78 is 7.84. The van der Waals surface area contributed by atoms with E-state index in [0.717, 1.165) is 36.3 Å². The number of hydrogen-bond donors (Lipinski definition) is 1. The molecule has 0 amide bonds. The first kappa shape index (κ1) is 17.1. The number of benzene rings is 2. The van der Waals surface area contributed by atoms with E-state index in [1.54, 1.807) is 7.11 Å². The summed E-state index contributed by atoms with van der Waals surface area (Å²) in [4.78, 5) is 1.06. The van der Waals surface area contributed by atoms with Gasteiger partial charge < -0.3 is 9.30 Å². The van der Waals surface area contributed by atoms with Crippen LogP contribution in [0.5, 0.6) is 5.75 Å². The summed E-state index contributed by atoms with van der Waals surface area (Å²) in [7, 11) is 1.69. The minimum atomic E-state index is 0.105. The Labute approximate surface area is 158 Å². The molecule has 1 aromatic heterocycles. The van der Waals surface area contributed by atoms with Crippen LogP contribution >= 0.6 is 11.9 Å². The first-order chi connectivity index (χ1) is 12.7. The Morgan fingerprint density at radius 3 is 2.77 bits per heavy atom. The number of ether oxygens (including phenoxy) is 1. The van der Waals surface area contributed by atoms with Crippen LogP contribution in [0.4, 0.5) is 0 Å². The number of hydrogen-bond acceptors (Lipinski definition) is 4. The molecule has 0 unspecified atom stereocenters. The van der Waals surface area contributed by atoms with Gasteiger partial charge in [-0.05, 0) is 66.1 Å². The third-order valence-corrected chi connectivity index (χ3v) is 5.80. The number of rotatable bonds is 4. The molecule has 4 nitrogen and oxygen atoms in total. The van der Waals surface area contributed by atoms with Gasteiger partial charge in [0.05, 0.1) is 7.11 Å². The summed E-state index contributed by atoms with van der Waals surface area (Å²) in [6, 6.07) is 14.7. The van der Waals surface area contributed by atoms with Crippen molar-refractivity contribution in [1.82, 2.24) is 4.57 Å². The summed E-state index contributed by atoms with van der Waals surface area (Å²) in [6.07, 6.45) is 2.70. The van der Waals surface area contributed by atoms with Crippen molar-refractivity contribution < 1.29 is 4.74 Å². The third-order valence-electron chi connectivity index (χ3n) is 5.26. The smallest absolute Gasteiger partial charge is 0.272 e. The summed E-state index contributed by atoms with van der Waals surface area (Å²) in [5.41, 5.74) is 5.13. The number of nitriles is 1. The zero-order valence-electron chi connectivity index (χ0n) is 14.7. The maximum Gasteiger partial charge on any atom is 0.272 e. The zero-order valence-corrected chi connectivity index (χ0v) is 15.6. The van der Waals surface area contributed by atoms with Crippen LogP contribution in [0.1, 0.15) is 16.8 Å². The van der Waals surface area contributed by atoms with Crippen LogP contribution in [0, 0.1) is 11.2 Å². The Hall–Kier alpha value is -2.36. The molecule has 0 spiro atoms. The molecule has 0 radical (unpaired) electrons. The van der Waals surface area contributed by atoms with E-state index in [1.165, 1.54) is 39.7 Å². The van der Waals surface area contributed by atoms with Crippen LogP contribution in [0.2, 0.25) is 6.32 Å². The van der Waals surface area contributed by atoms with E-state index in [4.69, 9.17) is 9.88 Å². The van der Waals surface area contributed by atoms with Crippen LogP contribution < -0.4 is 9.88 Å². The van der Waals surface area contributed by atoms with Crippen LogP contribution in [0.3, 0.4) is 0 Å². The highest BCUT2D eigenvalue weighted by molar-refractivity contribution is 7.97. The SMILES string of the molecule is COc1ccc2c(c1)c1c(n2Cc2ccc(SN)cc2)CCB(C#N)C1. The van der Waals surface area contributed by atoms with Gasteiger partial charge >= 0.3 is 0 Å². The quantitative estimate of drug-likeness (QED) is 0.566.